The lowest BCUT2D eigenvalue weighted by Gasteiger charge is -2.11. The number of methoxy groups -OCH3 is 1. The van der Waals surface area contributed by atoms with E-state index in [0.29, 0.717) is 5.69 Å². The van der Waals surface area contributed by atoms with Crippen LogP contribution in [0.2, 0.25) is 0 Å². The molecule has 0 fully saturated rings. The van der Waals surface area contributed by atoms with Crippen molar-refractivity contribution in [3.05, 3.63) is 45.6 Å². The molecule has 0 saturated carbocycles. The van der Waals surface area contributed by atoms with Crippen molar-refractivity contribution in [3.63, 3.8) is 0 Å². The van der Waals surface area contributed by atoms with Crippen LogP contribution < -0.4 is 15.0 Å². The summed E-state index contributed by atoms with van der Waals surface area (Å²) in [4.78, 5) is 23.5. The molecule has 0 amide bonds. The van der Waals surface area contributed by atoms with E-state index in [2.05, 4.69) is 19.7 Å². The minimum atomic E-state index is -4.43. The van der Waals surface area contributed by atoms with Gasteiger partial charge in [0.1, 0.15) is 5.75 Å². The van der Waals surface area contributed by atoms with Gasteiger partial charge in [-0.25, -0.2) is 4.98 Å². The third kappa shape index (κ3) is 3.67. The maximum Gasteiger partial charge on any atom is 0.422 e. The first-order valence-electron chi connectivity index (χ1n) is 7.14. The monoisotopic (exact) mass is 384 g/mol. The topological polar surface area (TPSA) is 82.0 Å². The summed E-state index contributed by atoms with van der Waals surface area (Å²) in [6.45, 7) is -1.40. The molecule has 0 unspecified atom stereocenters. The largest absolute Gasteiger partial charge is 0.484 e. The number of benzene rings is 1. The Balaban J connectivity index is 2.00. The molecule has 26 heavy (non-hydrogen) atoms. The van der Waals surface area contributed by atoms with Crippen molar-refractivity contribution < 1.29 is 22.6 Å². The summed E-state index contributed by atoms with van der Waals surface area (Å²) in [5.74, 6) is 0.228. The normalized spacial score (nSPS) is 11.5. The number of ether oxygens (including phenoxy) is 2. The second-order valence-electron chi connectivity index (χ2n) is 5.08. The number of aromatic amines is 1. The van der Waals surface area contributed by atoms with E-state index in [1.165, 1.54) is 37.6 Å². The highest BCUT2D eigenvalue weighted by atomic mass is 32.1. The first kappa shape index (κ1) is 17.9. The minimum Gasteiger partial charge on any atom is -0.484 e. The summed E-state index contributed by atoms with van der Waals surface area (Å²) < 4.78 is 47.3. The van der Waals surface area contributed by atoms with E-state index in [1.54, 1.807) is 0 Å². The third-order valence-corrected chi connectivity index (χ3v) is 3.58. The summed E-state index contributed by atoms with van der Waals surface area (Å²) in [7, 11) is 1.41. The molecule has 2 aromatic heterocycles. The highest BCUT2D eigenvalue weighted by Crippen LogP contribution is 2.20. The Kier molecular flexibility index (Phi) is 4.64. The fourth-order valence-corrected chi connectivity index (χ4v) is 2.45. The van der Waals surface area contributed by atoms with E-state index in [9.17, 15) is 18.0 Å². The van der Waals surface area contributed by atoms with Crippen LogP contribution in [-0.4, -0.2) is 39.4 Å². The molecule has 0 aliphatic rings. The van der Waals surface area contributed by atoms with Gasteiger partial charge in [-0.15, -0.1) is 0 Å². The Morgan fingerprint density at radius 3 is 2.58 bits per heavy atom. The number of H-pyrrole nitrogens is 1. The lowest BCUT2D eigenvalue weighted by atomic mass is 10.3. The predicted octanol–water partition coefficient (Wildman–Crippen LogP) is 2.79. The Morgan fingerprint density at radius 1 is 1.27 bits per heavy atom. The maximum absolute atomic E-state index is 12.6. The Hall–Kier alpha value is -2.95. The zero-order valence-electron chi connectivity index (χ0n) is 13.2. The molecule has 0 radical (unpaired) electrons. The van der Waals surface area contributed by atoms with Crippen LogP contribution >= 0.6 is 12.2 Å². The fourth-order valence-electron chi connectivity index (χ4n) is 2.16. The van der Waals surface area contributed by atoms with Gasteiger partial charge >= 0.3 is 6.18 Å². The summed E-state index contributed by atoms with van der Waals surface area (Å²) in [6, 6.07) is 5.46. The van der Waals surface area contributed by atoms with Crippen LogP contribution in [0.4, 0.5) is 13.2 Å². The molecule has 1 aromatic carbocycles. The minimum absolute atomic E-state index is 0.0133. The van der Waals surface area contributed by atoms with Crippen molar-refractivity contribution in [2.24, 2.45) is 0 Å². The number of aromatic nitrogens is 4. The third-order valence-electron chi connectivity index (χ3n) is 3.29. The van der Waals surface area contributed by atoms with Crippen molar-refractivity contribution in [1.82, 2.24) is 19.5 Å². The highest BCUT2D eigenvalue weighted by Gasteiger charge is 2.28. The van der Waals surface area contributed by atoms with Gasteiger partial charge in [-0.1, -0.05) is 0 Å². The zero-order valence-corrected chi connectivity index (χ0v) is 14.0. The number of hydrogen-bond donors (Lipinski definition) is 1. The molecular formula is C15H11F3N4O3S. The van der Waals surface area contributed by atoms with Gasteiger partial charge in [-0.05, 0) is 36.5 Å². The average molecular weight is 384 g/mol. The molecule has 3 aromatic rings. The van der Waals surface area contributed by atoms with E-state index in [1.807, 2.05) is 0 Å². The molecule has 0 aliphatic carbocycles. The Morgan fingerprint density at radius 2 is 1.96 bits per heavy atom. The number of halogens is 3. The van der Waals surface area contributed by atoms with Crippen molar-refractivity contribution in [2.75, 3.05) is 13.7 Å². The molecule has 3 rings (SSSR count). The van der Waals surface area contributed by atoms with Gasteiger partial charge < -0.3 is 14.5 Å². The van der Waals surface area contributed by atoms with Gasteiger partial charge in [0.25, 0.3) is 5.56 Å². The van der Waals surface area contributed by atoms with Crippen LogP contribution in [0.1, 0.15) is 0 Å². The smallest absolute Gasteiger partial charge is 0.422 e. The number of fused-ring (bicyclic) bond motifs is 1. The SMILES string of the molecule is COc1cnc2c(=O)n(-c3ccc(OCC(F)(F)F)cc3)c(=S)[nH]c2n1. The maximum atomic E-state index is 12.6. The van der Waals surface area contributed by atoms with Gasteiger partial charge in [0.15, 0.2) is 22.5 Å². The van der Waals surface area contributed by atoms with Crippen molar-refractivity contribution in [3.8, 4) is 17.3 Å². The molecule has 0 saturated heterocycles. The lowest BCUT2D eigenvalue weighted by molar-refractivity contribution is -0.153. The number of rotatable bonds is 4. The molecule has 1 N–H and O–H groups in total. The predicted molar refractivity (Wildman–Crippen MR) is 88.4 cm³/mol. The standard InChI is InChI=1S/C15H11F3N4O3S/c1-24-10-6-19-11-12(20-10)21-14(26)22(13(11)23)8-2-4-9(5-3-8)25-7-15(16,17)18/h2-6H,7H2,1H3,(H,20,21,26). The van der Waals surface area contributed by atoms with E-state index in [-0.39, 0.29) is 27.6 Å². The summed E-state index contributed by atoms with van der Waals surface area (Å²) in [5.41, 5.74) is 0.0236. The van der Waals surface area contributed by atoms with Crippen LogP contribution in [0.3, 0.4) is 0 Å². The summed E-state index contributed by atoms with van der Waals surface area (Å²) in [6.07, 6.45) is -3.14. The Labute approximate surface area is 149 Å². The summed E-state index contributed by atoms with van der Waals surface area (Å²) >= 11 is 5.18. The van der Waals surface area contributed by atoms with E-state index in [4.69, 9.17) is 17.0 Å². The van der Waals surface area contributed by atoms with Crippen molar-refractivity contribution >= 4 is 23.4 Å². The van der Waals surface area contributed by atoms with Crippen molar-refractivity contribution in [1.29, 1.82) is 0 Å². The molecule has 136 valence electrons. The van der Waals surface area contributed by atoms with Gasteiger partial charge in [-0.3, -0.25) is 9.36 Å². The van der Waals surface area contributed by atoms with Crippen molar-refractivity contribution in [2.45, 2.75) is 6.18 Å². The van der Waals surface area contributed by atoms with Gasteiger partial charge in [-0.2, -0.15) is 18.2 Å². The molecule has 0 aliphatic heterocycles. The van der Waals surface area contributed by atoms with E-state index < -0.39 is 18.3 Å². The number of hydrogen-bond acceptors (Lipinski definition) is 6. The first-order chi connectivity index (χ1) is 12.3. The molecule has 0 spiro atoms. The zero-order chi connectivity index (χ0) is 18.9. The van der Waals surface area contributed by atoms with Gasteiger partial charge in [0, 0.05) is 0 Å². The quantitative estimate of drug-likeness (QED) is 0.697. The molecule has 7 nitrogen and oxygen atoms in total. The molecule has 2 heterocycles. The molecule has 0 bridgehead atoms. The van der Waals surface area contributed by atoms with Crippen LogP contribution in [0.15, 0.2) is 35.3 Å². The number of nitrogens with zero attached hydrogens (tertiary/aromatic N) is 3. The lowest BCUT2D eigenvalue weighted by Crippen LogP contribution is -2.22. The second kappa shape index (κ2) is 6.75. The summed E-state index contributed by atoms with van der Waals surface area (Å²) in [5, 5.41) is 0. The highest BCUT2D eigenvalue weighted by molar-refractivity contribution is 7.71. The van der Waals surface area contributed by atoms with Gasteiger partial charge in [0.2, 0.25) is 5.88 Å². The van der Waals surface area contributed by atoms with Crippen LogP contribution in [0, 0.1) is 4.77 Å². The van der Waals surface area contributed by atoms with Crippen LogP contribution in [-0.2, 0) is 0 Å². The second-order valence-corrected chi connectivity index (χ2v) is 5.46. The number of alkyl halides is 3. The molecule has 11 heteroatoms. The number of nitrogens with one attached hydrogen (secondary N) is 1. The molecular weight excluding hydrogens is 373 g/mol. The van der Waals surface area contributed by atoms with Gasteiger partial charge in [0.05, 0.1) is 19.0 Å². The Bertz CT molecular complexity index is 1060. The van der Waals surface area contributed by atoms with Crippen LogP contribution in [0.25, 0.3) is 16.9 Å². The fraction of sp³-hybridized carbons (Fsp3) is 0.200. The van der Waals surface area contributed by atoms with E-state index >= 15 is 0 Å². The average Bonchev–Trinajstić information content (AvgIpc) is 2.60. The van der Waals surface area contributed by atoms with E-state index in [0.717, 1.165) is 4.57 Å². The first-order valence-corrected chi connectivity index (χ1v) is 7.55. The molecule has 0 atom stereocenters. The van der Waals surface area contributed by atoms with Crippen LogP contribution in [0.5, 0.6) is 11.6 Å².